The third kappa shape index (κ3) is 3.75. The van der Waals surface area contributed by atoms with Crippen LogP contribution in [0.2, 0.25) is 5.02 Å². The van der Waals surface area contributed by atoms with E-state index < -0.39 is 17.7 Å². The third-order valence-electron chi connectivity index (χ3n) is 5.08. The summed E-state index contributed by atoms with van der Waals surface area (Å²) in [5.41, 5.74) is 0.749. The summed E-state index contributed by atoms with van der Waals surface area (Å²) in [6.45, 7) is 0.0316. The molecule has 1 aliphatic heterocycles. The molecular weight excluding hydrogens is 422 g/mol. The molecule has 31 heavy (non-hydrogen) atoms. The van der Waals surface area contributed by atoms with Gasteiger partial charge in [0, 0.05) is 5.56 Å². The summed E-state index contributed by atoms with van der Waals surface area (Å²) in [5.74, 6) is -1.11. The van der Waals surface area contributed by atoms with Crippen molar-refractivity contribution in [1.82, 2.24) is 4.90 Å². The van der Waals surface area contributed by atoms with Crippen molar-refractivity contribution in [3.63, 3.8) is 0 Å². The topological polar surface area (TPSA) is 100 Å². The molecule has 7 nitrogen and oxygen atoms in total. The van der Waals surface area contributed by atoms with Crippen molar-refractivity contribution < 1.29 is 29.0 Å². The summed E-state index contributed by atoms with van der Waals surface area (Å²) in [4.78, 5) is 27.2. The second-order valence-electron chi connectivity index (χ2n) is 6.95. The predicted octanol–water partition coefficient (Wildman–Crippen LogP) is 4.27. The fourth-order valence-electron chi connectivity index (χ4n) is 3.58. The Kier molecular flexibility index (Phi) is 5.44. The first kappa shape index (κ1) is 20.6. The van der Waals surface area contributed by atoms with Gasteiger partial charge in [-0.3, -0.25) is 9.59 Å². The second-order valence-corrected chi connectivity index (χ2v) is 7.35. The minimum Gasteiger partial charge on any atom is -0.508 e. The van der Waals surface area contributed by atoms with Crippen molar-refractivity contribution in [2.75, 3.05) is 7.11 Å². The van der Waals surface area contributed by atoms with Crippen molar-refractivity contribution in [3.8, 4) is 11.5 Å². The van der Waals surface area contributed by atoms with Crippen molar-refractivity contribution in [2.45, 2.75) is 12.6 Å². The number of ketones is 1. The molecule has 4 rings (SSSR count). The Hall–Kier alpha value is -3.71. The van der Waals surface area contributed by atoms with E-state index in [1.54, 1.807) is 24.3 Å². The summed E-state index contributed by atoms with van der Waals surface area (Å²) in [7, 11) is 1.43. The molecule has 1 fully saturated rings. The highest BCUT2D eigenvalue weighted by Gasteiger charge is 2.46. The lowest BCUT2D eigenvalue weighted by molar-refractivity contribution is -0.140. The van der Waals surface area contributed by atoms with Gasteiger partial charge < -0.3 is 24.3 Å². The van der Waals surface area contributed by atoms with Gasteiger partial charge in [-0.1, -0.05) is 23.7 Å². The lowest BCUT2D eigenvalue weighted by Gasteiger charge is -2.24. The Morgan fingerprint density at radius 3 is 2.55 bits per heavy atom. The lowest BCUT2D eigenvalue weighted by atomic mass is 9.95. The fraction of sp³-hybridized carbons (Fsp3) is 0.130. The van der Waals surface area contributed by atoms with E-state index in [0.29, 0.717) is 22.1 Å². The van der Waals surface area contributed by atoms with Crippen LogP contribution in [0.15, 0.2) is 70.9 Å². The molecule has 2 N–H and O–H groups in total. The predicted molar refractivity (Wildman–Crippen MR) is 113 cm³/mol. The fourth-order valence-corrected chi connectivity index (χ4v) is 3.77. The van der Waals surface area contributed by atoms with E-state index in [4.69, 9.17) is 20.8 Å². The van der Waals surface area contributed by atoms with Crippen LogP contribution in [-0.4, -0.2) is 33.9 Å². The quantitative estimate of drug-likeness (QED) is 0.350. The number of aromatic hydroxyl groups is 1. The number of benzene rings is 2. The van der Waals surface area contributed by atoms with Gasteiger partial charge in [0.05, 0.1) is 36.6 Å². The van der Waals surface area contributed by atoms with Gasteiger partial charge in [-0.25, -0.2) is 0 Å². The van der Waals surface area contributed by atoms with Crippen LogP contribution in [0.3, 0.4) is 0 Å². The number of phenols is 1. The smallest absolute Gasteiger partial charge is 0.296 e. The van der Waals surface area contributed by atoms with Crippen LogP contribution in [0.25, 0.3) is 5.76 Å². The molecule has 8 heteroatoms. The van der Waals surface area contributed by atoms with Crippen LogP contribution in [0, 0.1) is 0 Å². The Bertz CT molecular complexity index is 1170. The maximum Gasteiger partial charge on any atom is 0.296 e. The number of ether oxygens (including phenoxy) is 1. The second kappa shape index (κ2) is 8.20. The molecule has 158 valence electrons. The number of amides is 1. The minimum absolute atomic E-state index is 0.0316. The summed E-state index contributed by atoms with van der Waals surface area (Å²) in [6.07, 6.45) is 1.47. The molecule has 1 aromatic heterocycles. The Morgan fingerprint density at radius 2 is 1.90 bits per heavy atom. The molecule has 2 aromatic carbocycles. The normalized spacial score (nSPS) is 17.9. The first-order valence-electron chi connectivity index (χ1n) is 9.34. The van der Waals surface area contributed by atoms with Gasteiger partial charge in [-0.2, -0.15) is 0 Å². The number of halogens is 1. The number of Topliss-reactive ketones (excluding diaryl/α,β-unsaturated/α-hetero) is 1. The molecule has 0 radical (unpaired) electrons. The van der Waals surface area contributed by atoms with E-state index in [1.807, 2.05) is 0 Å². The van der Waals surface area contributed by atoms with E-state index in [9.17, 15) is 19.8 Å². The SMILES string of the molecule is COc1cc(/C(O)=C2/C(=O)C(=O)N(Cc3ccco3)C2c2ccc(O)cc2)ccc1Cl. The zero-order valence-electron chi connectivity index (χ0n) is 16.4. The molecule has 1 unspecified atom stereocenters. The van der Waals surface area contributed by atoms with Gasteiger partial charge in [-0.05, 0) is 48.0 Å². The largest absolute Gasteiger partial charge is 0.508 e. The van der Waals surface area contributed by atoms with Gasteiger partial charge >= 0.3 is 0 Å². The number of nitrogens with zero attached hydrogens (tertiary/aromatic N) is 1. The zero-order valence-corrected chi connectivity index (χ0v) is 17.2. The van der Waals surface area contributed by atoms with E-state index in [2.05, 4.69) is 0 Å². The van der Waals surface area contributed by atoms with Crippen LogP contribution in [0.1, 0.15) is 22.9 Å². The monoisotopic (exact) mass is 439 g/mol. The first-order valence-corrected chi connectivity index (χ1v) is 9.72. The van der Waals surface area contributed by atoms with Crippen LogP contribution in [-0.2, 0) is 16.1 Å². The number of hydrogen-bond donors (Lipinski definition) is 2. The van der Waals surface area contributed by atoms with Gasteiger partial charge in [0.2, 0.25) is 0 Å². The number of carbonyl (C=O) groups is 2. The van der Waals surface area contributed by atoms with Crippen LogP contribution < -0.4 is 4.74 Å². The number of furan rings is 1. The van der Waals surface area contributed by atoms with Crippen LogP contribution in [0.5, 0.6) is 11.5 Å². The van der Waals surface area contributed by atoms with Gasteiger partial charge in [0.25, 0.3) is 11.7 Å². The van der Waals surface area contributed by atoms with E-state index in [-0.39, 0.29) is 29.2 Å². The first-order chi connectivity index (χ1) is 14.9. The van der Waals surface area contributed by atoms with Gasteiger partial charge in [0.1, 0.15) is 23.0 Å². The molecular formula is C23H18ClNO6. The number of phenolic OH excluding ortho intramolecular Hbond substituents is 1. The van der Waals surface area contributed by atoms with E-state index >= 15 is 0 Å². The number of methoxy groups -OCH3 is 1. The molecule has 0 saturated carbocycles. The van der Waals surface area contributed by atoms with E-state index in [0.717, 1.165) is 0 Å². The standard InChI is InChI=1S/C23H18ClNO6/c1-30-18-11-14(6-9-17(18)24)21(27)19-20(13-4-7-15(26)8-5-13)25(23(29)22(19)28)12-16-3-2-10-31-16/h2-11,20,26-27H,12H2,1H3/b21-19-. The number of aliphatic hydroxyl groups is 1. The highest BCUT2D eigenvalue weighted by atomic mass is 35.5. The zero-order chi connectivity index (χ0) is 22.1. The summed E-state index contributed by atoms with van der Waals surface area (Å²) >= 11 is 6.07. The van der Waals surface area contributed by atoms with Gasteiger partial charge in [0.15, 0.2) is 0 Å². The maximum absolute atomic E-state index is 13.0. The third-order valence-corrected chi connectivity index (χ3v) is 5.39. The molecule has 0 bridgehead atoms. The molecule has 1 aliphatic rings. The number of likely N-dealkylation sites (tertiary alicyclic amines) is 1. The molecule has 0 spiro atoms. The van der Waals surface area contributed by atoms with Crippen molar-refractivity contribution in [3.05, 3.63) is 88.3 Å². The molecule has 1 amide bonds. The van der Waals surface area contributed by atoms with Crippen LogP contribution in [0.4, 0.5) is 0 Å². The average molecular weight is 440 g/mol. The van der Waals surface area contributed by atoms with Crippen molar-refractivity contribution in [2.24, 2.45) is 0 Å². The van der Waals surface area contributed by atoms with Gasteiger partial charge in [-0.15, -0.1) is 0 Å². The van der Waals surface area contributed by atoms with Crippen molar-refractivity contribution in [1.29, 1.82) is 0 Å². The molecule has 2 heterocycles. The molecule has 0 aliphatic carbocycles. The minimum atomic E-state index is -0.882. The number of hydrogen-bond acceptors (Lipinski definition) is 6. The van der Waals surface area contributed by atoms with E-state index in [1.165, 1.54) is 48.6 Å². The highest BCUT2D eigenvalue weighted by Crippen LogP contribution is 2.41. The number of aliphatic hydroxyl groups excluding tert-OH is 1. The number of carbonyl (C=O) groups excluding carboxylic acids is 2. The molecule has 3 aromatic rings. The van der Waals surface area contributed by atoms with Crippen LogP contribution >= 0.6 is 11.6 Å². The lowest BCUT2D eigenvalue weighted by Crippen LogP contribution is -2.29. The summed E-state index contributed by atoms with van der Waals surface area (Å²) in [5, 5.41) is 21.1. The molecule has 1 saturated heterocycles. The maximum atomic E-state index is 13.0. The molecule has 1 atom stereocenters. The highest BCUT2D eigenvalue weighted by molar-refractivity contribution is 6.46. The average Bonchev–Trinajstić information content (AvgIpc) is 3.37. The Morgan fingerprint density at radius 1 is 1.16 bits per heavy atom. The summed E-state index contributed by atoms with van der Waals surface area (Å²) < 4.78 is 10.5. The number of rotatable bonds is 5. The Balaban J connectivity index is 1.87. The summed E-state index contributed by atoms with van der Waals surface area (Å²) in [6, 6.07) is 13.1. The van der Waals surface area contributed by atoms with Crippen molar-refractivity contribution >= 4 is 29.1 Å². The Labute approximate surface area is 182 Å².